The number of ketones is 1. The van der Waals surface area contributed by atoms with Crippen LogP contribution in [0.1, 0.15) is 38.8 Å². The van der Waals surface area contributed by atoms with Crippen molar-refractivity contribution in [2.75, 3.05) is 6.54 Å². The molecule has 0 aliphatic carbocycles. The Kier molecular flexibility index (Phi) is 6.60. The van der Waals surface area contributed by atoms with Crippen molar-refractivity contribution < 1.29 is 24.7 Å². The molecule has 0 saturated heterocycles. The van der Waals surface area contributed by atoms with Crippen molar-refractivity contribution in [1.82, 2.24) is 10.4 Å². The van der Waals surface area contributed by atoms with Gasteiger partial charge in [-0.05, 0) is 30.2 Å². The molecule has 2 aromatic rings. The van der Waals surface area contributed by atoms with Crippen LogP contribution >= 0.6 is 0 Å². The molecule has 136 valence electrons. The maximum atomic E-state index is 11.6. The highest BCUT2D eigenvalue weighted by atomic mass is 16.5. The van der Waals surface area contributed by atoms with Gasteiger partial charge < -0.3 is 5.11 Å². The lowest BCUT2D eigenvalue weighted by Gasteiger charge is -2.21. The summed E-state index contributed by atoms with van der Waals surface area (Å²) in [6.07, 6.45) is 0. The van der Waals surface area contributed by atoms with E-state index in [-0.39, 0.29) is 17.9 Å². The molecule has 3 N–H and O–H groups in total. The quantitative estimate of drug-likeness (QED) is 0.380. The number of nitrogens with one attached hydrogen (secondary N) is 1. The zero-order valence-electron chi connectivity index (χ0n) is 14.3. The molecule has 7 nitrogen and oxygen atoms in total. The molecule has 0 unspecified atom stereocenters. The molecule has 0 aromatic heterocycles. The van der Waals surface area contributed by atoms with E-state index in [1.165, 1.54) is 13.0 Å². The van der Waals surface area contributed by atoms with Crippen LogP contribution in [0.3, 0.4) is 0 Å². The minimum absolute atomic E-state index is 0.0291. The maximum Gasteiger partial charge on any atom is 0.335 e. The summed E-state index contributed by atoms with van der Waals surface area (Å²) in [5, 5.41) is 17.9. The first-order valence-corrected chi connectivity index (χ1v) is 7.96. The van der Waals surface area contributed by atoms with Gasteiger partial charge in [0.1, 0.15) is 0 Å². The van der Waals surface area contributed by atoms with Crippen molar-refractivity contribution >= 4 is 17.7 Å². The van der Waals surface area contributed by atoms with E-state index in [4.69, 9.17) is 10.3 Å². The summed E-state index contributed by atoms with van der Waals surface area (Å²) in [6, 6.07) is 13.5. The summed E-state index contributed by atoms with van der Waals surface area (Å²) in [6.45, 7) is 2.14. The second-order valence-electron chi connectivity index (χ2n) is 5.94. The van der Waals surface area contributed by atoms with Gasteiger partial charge in [0.25, 0.3) is 5.91 Å². The lowest BCUT2D eigenvalue weighted by molar-refractivity contribution is -0.130. The Morgan fingerprint density at radius 1 is 0.962 bits per heavy atom. The van der Waals surface area contributed by atoms with Gasteiger partial charge in [0.15, 0.2) is 5.78 Å². The van der Waals surface area contributed by atoms with E-state index in [9.17, 15) is 14.4 Å². The number of hydrogen-bond donors (Lipinski definition) is 3. The predicted octanol–water partition coefficient (Wildman–Crippen LogP) is 2.09. The van der Waals surface area contributed by atoms with Gasteiger partial charge in [-0.2, -0.15) is 0 Å². The van der Waals surface area contributed by atoms with E-state index >= 15 is 0 Å². The fourth-order valence-electron chi connectivity index (χ4n) is 2.57. The smallest absolute Gasteiger partial charge is 0.335 e. The van der Waals surface area contributed by atoms with Crippen molar-refractivity contribution in [3.05, 3.63) is 70.8 Å². The van der Waals surface area contributed by atoms with E-state index < -0.39 is 11.9 Å². The lowest BCUT2D eigenvalue weighted by Crippen LogP contribution is -2.35. The van der Waals surface area contributed by atoms with E-state index in [1.54, 1.807) is 52.8 Å². The summed E-state index contributed by atoms with van der Waals surface area (Å²) < 4.78 is 0. The molecule has 0 atom stereocenters. The number of benzene rings is 2. The Bertz CT molecular complexity index is 802. The average Bonchev–Trinajstić information content (AvgIpc) is 2.62. The minimum Gasteiger partial charge on any atom is -0.478 e. The molecule has 0 bridgehead atoms. The summed E-state index contributed by atoms with van der Waals surface area (Å²) in [4.78, 5) is 35.8. The van der Waals surface area contributed by atoms with Crippen molar-refractivity contribution in [3.63, 3.8) is 0 Å². The molecule has 0 aliphatic rings. The van der Waals surface area contributed by atoms with Gasteiger partial charge in [-0.1, -0.05) is 36.4 Å². The summed E-state index contributed by atoms with van der Waals surface area (Å²) in [5.41, 5.74) is 3.98. The van der Waals surface area contributed by atoms with Crippen LogP contribution in [-0.4, -0.2) is 39.4 Å². The molecule has 0 heterocycles. The molecular formula is C19H20N2O5. The number of Topliss-reactive ketones (excluding diaryl/α,β-unsaturated/α-hetero) is 1. The third-order valence-electron chi connectivity index (χ3n) is 3.84. The van der Waals surface area contributed by atoms with Crippen LogP contribution in [0.5, 0.6) is 0 Å². The van der Waals surface area contributed by atoms with Crippen LogP contribution < -0.4 is 5.48 Å². The van der Waals surface area contributed by atoms with Crippen molar-refractivity contribution in [2.45, 2.75) is 20.0 Å². The zero-order valence-corrected chi connectivity index (χ0v) is 14.3. The van der Waals surface area contributed by atoms with Crippen molar-refractivity contribution in [3.8, 4) is 0 Å². The molecule has 2 aromatic carbocycles. The van der Waals surface area contributed by atoms with Gasteiger partial charge in [0.05, 0.1) is 12.1 Å². The highest BCUT2D eigenvalue weighted by Crippen LogP contribution is 2.13. The van der Waals surface area contributed by atoms with Gasteiger partial charge in [0, 0.05) is 18.7 Å². The number of carboxylic acids is 1. The molecule has 2 rings (SSSR count). The van der Waals surface area contributed by atoms with E-state index in [2.05, 4.69) is 0 Å². The number of carbonyl (C=O) groups excluding carboxylic acids is 2. The molecule has 26 heavy (non-hydrogen) atoms. The molecule has 0 spiro atoms. The molecular weight excluding hydrogens is 336 g/mol. The Balaban J connectivity index is 2.17. The van der Waals surface area contributed by atoms with Crippen LogP contribution in [0.25, 0.3) is 0 Å². The number of hydroxylamine groups is 1. The Morgan fingerprint density at radius 3 is 2.19 bits per heavy atom. The number of aromatic carboxylic acids is 1. The van der Waals surface area contributed by atoms with Crippen LogP contribution in [0.15, 0.2) is 48.5 Å². The van der Waals surface area contributed by atoms with Crippen LogP contribution in [0.2, 0.25) is 0 Å². The molecule has 0 aliphatic heterocycles. The fourth-order valence-corrected chi connectivity index (χ4v) is 2.57. The normalized spacial score (nSPS) is 10.6. The number of hydrogen-bond acceptors (Lipinski definition) is 5. The molecule has 1 amide bonds. The molecule has 7 heteroatoms. The fraction of sp³-hybridized carbons (Fsp3) is 0.211. The van der Waals surface area contributed by atoms with Gasteiger partial charge >= 0.3 is 5.97 Å². The third-order valence-corrected chi connectivity index (χ3v) is 3.84. The molecule has 0 fully saturated rings. The number of nitrogens with zero attached hydrogens (tertiary/aromatic N) is 1. The minimum atomic E-state index is -1.02. The van der Waals surface area contributed by atoms with Crippen LogP contribution in [-0.2, 0) is 17.9 Å². The van der Waals surface area contributed by atoms with E-state index in [0.717, 1.165) is 11.1 Å². The second kappa shape index (κ2) is 8.89. The highest BCUT2D eigenvalue weighted by molar-refractivity contribution is 5.94. The van der Waals surface area contributed by atoms with Crippen LogP contribution in [0, 0.1) is 0 Å². The van der Waals surface area contributed by atoms with Crippen molar-refractivity contribution in [2.24, 2.45) is 0 Å². The number of carboxylic acid groups (broad SMARTS) is 1. The number of carbonyl (C=O) groups is 3. The predicted molar refractivity (Wildman–Crippen MR) is 93.9 cm³/mol. The standard InChI is InChI=1S/C19H20N2O5/c1-13(22)16-7-5-14(6-8-16)10-21(12-18(23)20-26)11-15-3-2-4-17(9-15)19(24)25/h2-9,26H,10-12H2,1H3,(H,20,23)(H,24,25). The van der Waals surface area contributed by atoms with Gasteiger partial charge in [-0.15, -0.1) is 0 Å². The first-order chi connectivity index (χ1) is 12.4. The van der Waals surface area contributed by atoms with Gasteiger partial charge in [0.2, 0.25) is 0 Å². The third kappa shape index (κ3) is 5.51. The highest BCUT2D eigenvalue weighted by Gasteiger charge is 2.13. The second-order valence-corrected chi connectivity index (χ2v) is 5.94. The first kappa shape index (κ1) is 19.3. The SMILES string of the molecule is CC(=O)c1ccc(CN(CC(=O)NO)Cc2cccc(C(=O)O)c2)cc1. The number of rotatable bonds is 8. The van der Waals surface area contributed by atoms with E-state index in [0.29, 0.717) is 18.7 Å². The largest absolute Gasteiger partial charge is 0.478 e. The molecule has 0 saturated carbocycles. The average molecular weight is 356 g/mol. The monoisotopic (exact) mass is 356 g/mol. The van der Waals surface area contributed by atoms with E-state index in [1.807, 2.05) is 0 Å². The first-order valence-electron chi connectivity index (χ1n) is 7.96. The topological polar surface area (TPSA) is 107 Å². The molecule has 0 radical (unpaired) electrons. The Morgan fingerprint density at radius 2 is 1.62 bits per heavy atom. The summed E-state index contributed by atoms with van der Waals surface area (Å²) in [7, 11) is 0. The van der Waals surface area contributed by atoms with Gasteiger partial charge in [-0.25, -0.2) is 10.3 Å². The summed E-state index contributed by atoms with van der Waals surface area (Å²) in [5.74, 6) is -1.62. The van der Waals surface area contributed by atoms with Crippen molar-refractivity contribution in [1.29, 1.82) is 0 Å². The summed E-state index contributed by atoms with van der Waals surface area (Å²) >= 11 is 0. The number of amides is 1. The van der Waals surface area contributed by atoms with Crippen LogP contribution in [0.4, 0.5) is 0 Å². The Labute approximate surface area is 150 Å². The van der Waals surface area contributed by atoms with Gasteiger partial charge in [-0.3, -0.25) is 19.7 Å². The lowest BCUT2D eigenvalue weighted by atomic mass is 10.1. The zero-order chi connectivity index (χ0) is 19.1. The maximum absolute atomic E-state index is 11.6. The Hall–Kier alpha value is -3.03.